The van der Waals surface area contributed by atoms with Crippen molar-refractivity contribution in [2.45, 2.75) is 58.5 Å². The molecule has 0 atom stereocenters. The molecule has 2 aromatic heterocycles. The lowest BCUT2D eigenvalue weighted by atomic mass is 10.1. The number of amides is 2. The van der Waals surface area contributed by atoms with Crippen LogP contribution >= 0.6 is 0 Å². The van der Waals surface area contributed by atoms with Gasteiger partial charge in [-0.1, -0.05) is 30.7 Å². The first-order chi connectivity index (χ1) is 23.9. The lowest BCUT2D eigenvalue weighted by molar-refractivity contribution is -0.145. The molecule has 13 heteroatoms. The van der Waals surface area contributed by atoms with Crippen LogP contribution in [-0.4, -0.2) is 96.0 Å². The Labute approximate surface area is 286 Å². The summed E-state index contributed by atoms with van der Waals surface area (Å²) < 4.78 is 32.3. The van der Waals surface area contributed by atoms with Crippen LogP contribution in [0.15, 0.2) is 42.5 Å². The van der Waals surface area contributed by atoms with Gasteiger partial charge in [0.1, 0.15) is 11.3 Å². The number of fused-ring (bicyclic) bond motifs is 3. The zero-order valence-corrected chi connectivity index (χ0v) is 28.6. The fourth-order valence-corrected chi connectivity index (χ4v) is 6.25. The number of piperidine rings is 1. The minimum absolute atomic E-state index is 0.0517. The number of rotatable bonds is 17. The average Bonchev–Trinajstić information content (AvgIpc) is 3.48. The van der Waals surface area contributed by atoms with Gasteiger partial charge in [0.05, 0.1) is 24.2 Å². The molecule has 1 fully saturated rings. The van der Waals surface area contributed by atoms with Crippen molar-refractivity contribution >= 4 is 39.8 Å². The maximum Gasteiger partial charge on any atom is 0.344 e. The maximum atomic E-state index is 14.5. The first-order valence-electron chi connectivity index (χ1n) is 17.2. The number of para-hydroxylation sites is 1. The monoisotopic (exact) mass is 677 g/mol. The Morgan fingerprint density at radius 1 is 1.06 bits per heavy atom. The molecular weight excluding hydrogens is 629 g/mol. The lowest BCUT2D eigenvalue weighted by Crippen LogP contribution is -2.44. The molecule has 12 nitrogen and oxygen atoms in total. The summed E-state index contributed by atoms with van der Waals surface area (Å²) in [6.07, 6.45) is 5.73. The number of imidazole rings is 1. The molecule has 2 amide bonds. The summed E-state index contributed by atoms with van der Waals surface area (Å²) in [6.45, 7) is 6.81. The molecule has 49 heavy (non-hydrogen) atoms. The van der Waals surface area contributed by atoms with Crippen molar-refractivity contribution in [2.24, 2.45) is 0 Å². The Hall–Kier alpha value is -4.49. The second-order valence-corrected chi connectivity index (χ2v) is 12.3. The number of carbonyl (C=O) groups excluding carboxylic acids is 2. The molecule has 1 aliphatic heterocycles. The van der Waals surface area contributed by atoms with Crippen molar-refractivity contribution in [1.82, 2.24) is 29.7 Å². The molecule has 0 spiro atoms. The van der Waals surface area contributed by atoms with E-state index in [9.17, 15) is 14.0 Å². The number of anilines is 1. The van der Waals surface area contributed by atoms with Crippen molar-refractivity contribution in [1.29, 1.82) is 0 Å². The highest BCUT2D eigenvalue weighted by atomic mass is 19.1. The summed E-state index contributed by atoms with van der Waals surface area (Å²) in [7, 11) is 1.67. The molecule has 0 saturated carbocycles. The second-order valence-electron chi connectivity index (χ2n) is 12.3. The molecule has 1 saturated heterocycles. The Kier molecular flexibility index (Phi) is 13.0. The molecule has 3 N–H and O–H groups in total. The van der Waals surface area contributed by atoms with E-state index in [0.29, 0.717) is 49.6 Å². The van der Waals surface area contributed by atoms with E-state index in [0.717, 1.165) is 67.6 Å². The summed E-state index contributed by atoms with van der Waals surface area (Å²) in [5.74, 6) is 0.0858. The van der Waals surface area contributed by atoms with Gasteiger partial charge in [-0.15, -0.1) is 0 Å². The SMILES string of the molecule is CCOC(=O)COc1cc(CN(CCN2CCCCC2)C(=O)NCCCCn2c(CCOC)nc3c(N)nc4ccccc4c32)ccc1F. The number of unbranched alkanes of at least 4 members (excludes halogenated alkanes) is 1. The molecule has 264 valence electrons. The number of pyridine rings is 1. The van der Waals surface area contributed by atoms with E-state index >= 15 is 0 Å². The predicted molar refractivity (Wildman–Crippen MR) is 187 cm³/mol. The third kappa shape index (κ3) is 9.57. The van der Waals surface area contributed by atoms with Crippen molar-refractivity contribution in [2.75, 3.05) is 65.4 Å². The highest BCUT2D eigenvalue weighted by Gasteiger charge is 2.20. The van der Waals surface area contributed by atoms with Gasteiger partial charge >= 0.3 is 12.0 Å². The number of urea groups is 1. The molecular formula is C36H48FN7O5. The van der Waals surface area contributed by atoms with Crippen LogP contribution < -0.4 is 15.8 Å². The van der Waals surface area contributed by atoms with Gasteiger partial charge in [0.2, 0.25) is 0 Å². The van der Waals surface area contributed by atoms with E-state index in [1.165, 1.54) is 18.6 Å². The minimum atomic E-state index is -0.583. The number of aromatic nitrogens is 3. The summed E-state index contributed by atoms with van der Waals surface area (Å²) in [4.78, 5) is 38.9. The normalized spacial score (nSPS) is 13.5. The molecule has 5 rings (SSSR count). The van der Waals surface area contributed by atoms with Gasteiger partial charge in [0.25, 0.3) is 0 Å². The van der Waals surface area contributed by atoms with E-state index in [-0.39, 0.29) is 24.9 Å². The number of nitrogen functional groups attached to an aromatic ring is 1. The molecule has 0 bridgehead atoms. The lowest BCUT2D eigenvalue weighted by Gasteiger charge is -2.30. The summed E-state index contributed by atoms with van der Waals surface area (Å²) in [6, 6.07) is 12.2. The number of halogens is 1. The smallest absolute Gasteiger partial charge is 0.344 e. The first kappa shape index (κ1) is 35.8. The van der Waals surface area contributed by atoms with E-state index in [2.05, 4.69) is 19.8 Å². The highest BCUT2D eigenvalue weighted by Crippen LogP contribution is 2.29. The van der Waals surface area contributed by atoms with Crippen LogP contribution in [0.2, 0.25) is 0 Å². The van der Waals surface area contributed by atoms with E-state index < -0.39 is 18.4 Å². The zero-order valence-electron chi connectivity index (χ0n) is 28.6. The first-order valence-corrected chi connectivity index (χ1v) is 17.2. The third-order valence-electron chi connectivity index (χ3n) is 8.75. The van der Waals surface area contributed by atoms with Crippen LogP contribution in [0.5, 0.6) is 5.75 Å². The van der Waals surface area contributed by atoms with Crippen LogP contribution in [0.1, 0.15) is 50.4 Å². The molecule has 3 heterocycles. The van der Waals surface area contributed by atoms with Crippen LogP contribution in [0, 0.1) is 5.82 Å². The molecule has 4 aromatic rings. The third-order valence-corrected chi connectivity index (χ3v) is 8.75. The summed E-state index contributed by atoms with van der Waals surface area (Å²) in [5, 5.41) is 4.10. The fourth-order valence-electron chi connectivity index (χ4n) is 6.25. The van der Waals surface area contributed by atoms with Gasteiger partial charge in [-0.05, 0) is 69.5 Å². The number of methoxy groups -OCH3 is 1. The number of nitrogens with two attached hydrogens (primary N) is 1. The number of ether oxygens (including phenoxy) is 3. The second kappa shape index (κ2) is 17.8. The maximum absolute atomic E-state index is 14.5. The van der Waals surface area contributed by atoms with E-state index in [1.807, 2.05) is 24.3 Å². The summed E-state index contributed by atoms with van der Waals surface area (Å²) in [5.41, 5.74) is 9.51. The van der Waals surface area contributed by atoms with Gasteiger partial charge in [0, 0.05) is 51.6 Å². The van der Waals surface area contributed by atoms with Crippen molar-refractivity contribution in [3.8, 4) is 5.75 Å². The van der Waals surface area contributed by atoms with Gasteiger partial charge in [-0.2, -0.15) is 0 Å². The van der Waals surface area contributed by atoms with Crippen molar-refractivity contribution in [3.63, 3.8) is 0 Å². The number of hydrogen-bond donors (Lipinski definition) is 2. The van der Waals surface area contributed by atoms with Gasteiger partial charge in [0.15, 0.2) is 24.0 Å². The Bertz CT molecular complexity index is 1710. The van der Waals surface area contributed by atoms with Crippen LogP contribution in [0.3, 0.4) is 0 Å². The number of likely N-dealkylation sites (tertiary alicyclic amines) is 1. The molecule has 0 radical (unpaired) electrons. The number of nitrogens with one attached hydrogen (secondary N) is 1. The molecule has 0 aliphatic carbocycles. The Balaban J connectivity index is 1.23. The van der Waals surface area contributed by atoms with Crippen LogP contribution in [0.4, 0.5) is 15.0 Å². The van der Waals surface area contributed by atoms with Crippen LogP contribution in [0.25, 0.3) is 21.9 Å². The van der Waals surface area contributed by atoms with Gasteiger partial charge < -0.3 is 39.6 Å². The number of carbonyl (C=O) groups is 2. The van der Waals surface area contributed by atoms with Crippen molar-refractivity contribution < 1.29 is 28.2 Å². The fraction of sp³-hybridized carbons (Fsp3) is 0.500. The van der Waals surface area contributed by atoms with Crippen LogP contribution in [-0.2, 0) is 33.8 Å². The molecule has 0 unspecified atom stereocenters. The van der Waals surface area contributed by atoms with Gasteiger partial charge in [-0.3, -0.25) is 0 Å². The van der Waals surface area contributed by atoms with Gasteiger partial charge in [-0.25, -0.2) is 23.9 Å². The number of aryl methyl sites for hydroxylation is 1. The number of benzene rings is 2. The largest absolute Gasteiger partial charge is 0.479 e. The number of hydrogen-bond acceptors (Lipinski definition) is 9. The predicted octanol–water partition coefficient (Wildman–Crippen LogP) is 4.91. The molecule has 1 aliphatic rings. The molecule has 2 aromatic carbocycles. The Morgan fingerprint density at radius 2 is 1.88 bits per heavy atom. The standard InChI is InChI=1S/C36H48FN7O5/c1-3-48-32(45)25-49-30-23-26(13-14-28(30)37)24-43(21-20-42-17-8-4-9-18-42)36(46)39-16-7-10-19-44-31(15-22-47-2)41-33-34(44)27-11-5-6-12-29(27)40-35(33)38/h5-6,11-14,23H,3-4,7-10,15-22,24-25H2,1-2H3,(H2,38,40)(H,39,46). The highest BCUT2D eigenvalue weighted by molar-refractivity contribution is 6.06. The number of esters is 1. The topological polar surface area (TPSA) is 137 Å². The average molecular weight is 678 g/mol. The van der Waals surface area contributed by atoms with Crippen molar-refractivity contribution in [3.05, 3.63) is 59.7 Å². The summed E-state index contributed by atoms with van der Waals surface area (Å²) >= 11 is 0. The quantitative estimate of drug-likeness (QED) is 0.118. The van der Waals surface area contributed by atoms with E-state index in [1.54, 1.807) is 25.0 Å². The minimum Gasteiger partial charge on any atom is -0.479 e. The number of nitrogens with zero attached hydrogens (tertiary/aromatic N) is 5. The van der Waals surface area contributed by atoms with E-state index in [4.69, 9.17) is 24.9 Å². The Morgan fingerprint density at radius 3 is 2.67 bits per heavy atom. The zero-order chi connectivity index (χ0) is 34.6.